The molecule has 0 amide bonds. The van der Waals surface area contributed by atoms with Crippen molar-refractivity contribution in [1.82, 2.24) is 0 Å². The van der Waals surface area contributed by atoms with Crippen LogP contribution in [0.3, 0.4) is 0 Å². The highest BCUT2D eigenvalue weighted by Crippen LogP contribution is 2.24. The summed E-state index contributed by atoms with van der Waals surface area (Å²) in [6, 6.07) is 0. The Morgan fingerprint density at radius 1 is 0.281 bits per heavy atom. The number of hydrogen-bond acceptors (Lipinski definition) is 0. The van der Waals surface area contributed by atoms with E-state index in [0.717, 1.165) is 17.8 Å². The largest absolute Gasteiger partial charge is 0.0654 e. The summed E-state index contributed by atoms with van der Waals surface area (Å²) in [5, 5.41) is 0. The predicted octanol–water partition coefficient (Wildman–Crippen LogP) is 12.3. The first kappa shape index (κ1) is 32.0. The fraction of sp³-hybridized carbons (Fsp3) is 1.00. The van der Waals surface area contributed by atoms with Crippen LogP contribution in [0.25, 0.3) is 0 Å². The molecule has 0 spiro atoms. The van der Waals surface area contributed by atoms with Gasteiger partial charge >= 0.3 is 0 Å². The molecule has 3 atom stereocenters. The molecule has 0 heterocycles. The lowest BCUT2D eigenvalue weighted by molar-refractivity contribution is 0.362. The van der Waals surface area contributed by atoms with E-state index in [1.165, 1.54) is 154 Å². The highest BCUT2D eigenvalue weighted by Gasteiger charge is 2.09. The van der Waals surface area contributed by atoms with Gasteiger partial charge in [-0.25, -0.2) is 0 Å². The first-order chi connectivity index (χ1) is 15.6. The summed E-state index contributed by atoms with van der Waals surface area (Å²) in [7, 11) is 0. The van der Waals surface area contributed by atoms with Gasteiger partial charge in [0.2, 0.25) is 0 Å². The lowest BCUT2D eigenvalue weighted by Crippen LogP contribution is -2.02. The minimum Gasteiger partial charge on any atom is -0.0654 e. The van der Waals surface area contributed by atoms with Crippen molar-refractivity contribution < 1.29 is 0 Å². The Morgan fingerprint density at radius 3 is 0.875 bits per heavy atom. The van der Waals surface area contributed by atoms with Crippen LogP contribution in [-0.4, -0.2) is 0 Å². The molecule has 0 fully saturated rings. The molecule has 3 unspecified atom stereocenters. The molecular weight excluding hydrogens is 384 g/mol. The van der Waals surface area contributed by atoms with Crippen molar-refractivity contribution >= 4 is 0 Å². The predicted molar refractivity (Wildman–Crippen MR) is 150 cm³/mol. The standard InChI is InChI=1S/C32H66/c1-6-8-10-12-14-15-16-18-20-22-25-31(4)28-29-32(5)27-23-26-30(3)24-21-19-17-13-11-9-7-2/h30-32H,6-29H2,1-5H3. The van der Waals surface area contributed by atoms with E-state index in [2.05, 4.69) is 34.6 Å². The van der Waals surface area contributed by atoms with Gasteiger partial charge in [0.25, 0.3) is 0 Å². The smallest absolute Gasteiger partial charge is 0.0443 e. The van der Waals surface area contributed by atoms with Gasteiger partial charge in [-0.1, -0.05) is 189 Å². The van der Waals surface area contributed by atoms with Crippen LogP contribution < -0.4 is 0 Å². The number of rotatable bonds is 26. The quantitative estimate of drug-likeness (QED) is 0.115. The van der Waals surface area contributed by atoms with Crippen LogP contribution in [0, 0.1) is 17.8 Å². The van der Waals surface area contributed by atoms with Crippen LogP contribution >= 0.6 is 0 Å². The molecule has 0 radical (unpaired) electrons. The lowest BCUT2D eigenvalue weighted by Gasteiger charge is -2.17. The Labute approximate surface area is 206 Å². The van der Waals surface area contributed by atoms with E-state index in [9.17, 15) is 0 Å². The minimum atomic E-state index is 0.941. The molecule has 0 aromatic heterocycles. The highest BCUT2D eigenvalue weighted by molar-refractivity contribution is 4.62. The van der Waals surface area contributed by atoms with Crippen LogP contribution in [0.4, 0.5) is 0 Å². The molecule has 0 rings (SSSR count). The van der Waals surface area contributed by atoms with Crippen molar-refractivity contribution in [3.8, 4) is 0 Å². The molecule has 32 heavy (non-hydrogen) atoms. The van der Waals surface area contributed by atoms with Gasteiger partial charge in [-0.05, 0) is 17.8 Å². The normalized spacial score (nSPS) is 14.5. The van der Waals surface area contributed by atoms with E-state index < -0.39 is 0 Å². The van der Waals surface area contributed by atoms with Gasteiger partial charge < -0.3 is 0 Å². The minimum absolute atomic E-state index is 0.941. The van der Waals surface area contributed by atoms with Crippen molar-refractivity contribution in [3.63, 3.8) is 0 Å². The molecule has 0 aliphatic heterocycles. The lowest BCUT2D eigenvalue weighted by atomic mass is 9.89. The van der Waals surface area contributed by atoms with Crippen molar-refractivity contribution in [1.29, 1.82) is 0 Å². The molecule has 0 heteroatoms. The first-order valence-electron chi connectivity index (χ1n) is 15.6. The summed E-state index contributed by atoms with van der Waals surface area (Å²) >= 11 is 0. The molecule has 0 aromatic rings. The summed E-state index contributed by atoms with van der Waals surface area (Å²) < 4.78 is 0. The average molecular weight is 451 g/mol. The zero-order valence-corrected chi connectivity index (χ0v) is 23.7. The third kappa shape index (κ3) is 24.6. The Morgan fingerprint density at radius 2 is 0.531 bits per heavy atom. The first-order valence-corrected chi connectivity index (χ1v) is 15.6. The summed E-state index contributed by atoms with van der Waals surface area (Å²) in [4.78, 5) is 0. The van der Waals surface area contributed by atoms with Crippen molar-refractivity contribution in [2.24, 2.45) is 17.8 Å². The molecule has 0 aliphatic carbocycles. The van der Waals surface area contributed by atoms with Crippen LogP contribution in [0.1, 0.15) is 189 Å². The Hall–Kier alpha value is 0. The molecule has 0 saturated carbocycles. The van der Waals surface area contributed by atoms with Crippen LogP contribution in [-0.2, 0) is 0 Å². The maximum atomic E-state index is 2.51. The zero-order valence-electron chi connectivity index (χ0n) is 23.7. The van der Waals surface area contributed by atoms with Crippen molar-refractivity contribution in [2.75, 3.05) is 0 Å². The van der Waals surface area contributed by atoms with E-state index in [-0.39, 0.29) is 0 Å². The zero-order chi connectivity index (χ0) is 23.7. The topological polar surface area (TPSA) is 0 Å². The van der Waals surface area contributed by atoms with E-state index in [0.29, 0.717) is 0 Å². The Kier molecular flexibility index (Phi) is 25.6. The van der Waals surface area contributed by atoms with E-state index in [1.807, 2.05) is 0 Å². The van der Waals surface area contributed by atoms with E-state index in [4.69, 9.17) is 0 Å². The monoisotopic (exact) mass is 451 g/mol. The summed E-state index contributed by atoms with van der Waals surface area (Å²) in [6.45, 7) is 12.1. The van der Waals surface area contributed by atoms with E-state index >= 15 is 0 Å². The van der Waals surface area contributed by atoms with E-state index in [1.54, 1.807) is 0 Å². The van der Waals surface area contributed by atoms with Crippen LogP contribution in [0.15, 0.2) is 0 Å². The van der Waals surface area contributed by atoms with Gasteiger partial charge in [0.05, 0.1) is 0 Å². The summed E-state index contributed by atoms with van der Waals surface area (Å²) in [5.41, 5.74) is 0. The molecular formula is C32H66. The van der Waals surface area contributed by atoms with Crippen LogP contribution in [0.2, 0.25) is 0 Å². The maximum absolute atomic E-state index is 2.51. The molecule has 0 nitrogen and oxygen atoms in total. The van der Waals surface area contributed by atoms with Gasteiger partial charge in [-0.15, -0.1) is 0 Å². The van der Waals surface area contributed by atoms with Gasteiger partial charge in [0.1, 0.15) is 0 Å². The molecule has 0 saturated heterocycles. The maximum Gasteiger partial charge on any atom is -0.0443 e. The van der Waals surface area contributed by atoms with Crippen LogP contribution in [0.5, 0.6) is 0 Å². The second-order valence-electron chi connectivity index (χ2n) is 11.7. The number of unbranched alkanes of at least 4 members (excludes halogenated alkanes) is 15. The molecule has 0 bridgehead atoms. The van der Waals surface area contributed by atoms with Gasteiger partial charge in [0.15, 0.2) is 0 Å². The van der Waals surface area contributed by atoms with Gasteiger partial charge in [-0.3, -0.25) is 0 Å². The summed E-state index contributed by atoms with van der Waals surface area (Å²) in [5.74, 6) is 2.84. The van der Waals surface area contributed by atoms with Crippen molar-refractivity contribution in [2.45, 2.75) is 189 Å². The summed E-state index contributed by atoms with van der Waals surface area (Å²) in [6.07, 6.45) is 35.0. The Balaban J connectivity index is 3.41. The molecule has 0 N–H and O–H groups in total. The fourth-order valence-electron chi connectivity index (χ4n) is 5.25. The number of hydrogen-bond donors (Lipinski definition) is 0. The highest BCUT2D eigenvalue weighted by atomic mass is 14.1. The molecule has 0 aliphatic rings. The van der Waals surface area contributed by atoms with Gasteiger partial charge in [0, 0.05) is 0 Å². The van der Waals surface area contributed by atoms with Gasteiger partial charge in [-0.2, -0.15) is 0 Å². The Bertz CT molecular complexity index is 333. The fourth-order valence-corrected chi connectivity index (χ4v) is 5.25. The van der Waals surface area contributed by atoms with Crippen molar-refractivity contribution in [3.05, 3.63) is 0 Å². The molecule has 0 aromatic carbocycles. The molecule has 194 valence electrons. The second kappa shape index (κ2) is 25.6. The second-order valence-corrected chi connectivity index (χ2v) is 11.7. The third-order valence-corrected chi connectivity index (χ3v) is 7.90. The SMILES string of the molecule is CCCCCCCCCCCCC(C)CCC(C)CCCC(C)CCCCCCCCC. The average Bonchev–Trinajstić information content (AvgIpc) is 2.78. The third-order valence-electron chi connectivity index (χ3n) is 7.90.